The van der Waals surface area contributed by atoms with Crippen LogP contribution in [-0.4, -0.2) is 18.5 Å². The summed E-state index contributed by atoms with van der Waals surface area (Å²) in [6, 6.07) is 0.939. The van der Waals surface area contributed by atoms with Crippen molar-refractivity contribution in [3.8, 4) is 0 Å². The van der Waals surface area contributed by atoms with E-state index in [9.17, 15) is 23.7 Å². The summed E-state index contributed by atoms with van der Waals surface area (Å²) in [6.07, 6.45) is 0.907. The molecule has 0 fully saturated rings. The maximum Gasteiger partial charge on any atom is 0.300 e. The van der Waals surface area contributed by atoms with E-state index in [1.54, 1.807) is 0 Å². The largest absolute Gasteiger partial charge is 0.300 e. The van der Waals surface area contributed by atoms with E-state index in [4.69, 9.17) is 16.7 Å². The van der Waals surface area contributed by atoms with Crippen LogP contribution in [0, 0.1) is 10.1 Å². The maximum absolute atomic E-state index is 10.8. The number of nitrogens with zero attached hydrogens (tertiary/aromatic N) is 2. The minimum Gasteiger partial charge on any atom is -0.285 e. The summed E-state index contributed by atoms with van der Waals surface area (Å²) in [4.78, 5) is 9.70. The van der Waals surface area contributed by atoms with Gasteiger partial charge in [-0.05, 0) is 0 Å². The Bertz CT molecular complexity index is 543. The predicted octanol–water partition coefficient (Wildman–Crippen LogP) is -0.438. The summed E-state index contributed by atoms with van der Waals surface area (Å²) in [5, 5.41) is 24.0. The van der Waals surface area contributed by atoms with Gasteiger partial charge in [0.25, 0.3) is 5.69 Å². The molecule has 0 atom stereocenters. The molecule has 0 unspecified atom stereocenters. The molecule has 16 heavy (non-hydrogen) atoms. The van der Waals surface area contributed by atoms with E-state index >= 15 is 0 Å². The fourth-order valence-electron chi connectivity index (χ4n) is 1.01. The van der Waals surface area contributed by atoms with Crippen LogP contribution in [0.25, 0.3) is 0 Å². The third-order valence-corrected chi connectivity index (χ3v) is 2.75. The molecule has 0 saturated carbocycles. The minimum atomic E-state index is -3.95. The molecule has 0 aliphatic carbocycles. The second-order valence-corrected chi connectivity index (χ2v) is 4.86. The SMILES string of the molecule is NS(=O)(=O)Cc1c(Cl)c([N+](=O)[O-])cc[n+]1O. The first-order valence-electron chi connectivity index (χ1n) is 3.79. The quantitative estimate of drug-likeness (QED) is 0.332. The number of sulfonamides is 1. The number of hydrogen-bond donors (Lipinski definition) is 2. The van der Waals surface area contributed by atoms with E-state index in [1.807, 2.05) is 0 Å². The highest BCUT2D eigenvalue weighted by atomic mass is 35.5. The van der Waals surface area contributed by atoms with Crippen LogP contribution in [0.3, 0.4) is 0 Å². The molecule has 1 aromatic heterocycles. The molecule has 0 amide bonds. The Morgan fingerprint density at radius 2 is 2.19 bits per heavy atom. The summed E-state index contributed by atoms with van der Waals surface area (Å²) >= 11 is 5.57. The van der Waals surface area contributed by atoms with Crippen LogP contribution < -0.4 is 9.87 Å². The van der Waals surface area contributed by atoms with E-state index in [1.165, 1.54) is 0 Å². The molecule has 10 heteroatoms. The minimum absolute atomic E-state index is 0.363. The third kappa shape index (κ3) is 2.78. The van der Waals surface area contributed by atoms with Crippen LogP contribution >= 0.6 is 11.6 Å². The molecular formula is C6H7ClN3O5S+. The van der Waals surface area contributed by atoms with Crippen molar-refractivity contribution in [2.45, 2.75) is 5.75 Å². The second-order valence-electron chi connectivity index (χ2n) is 2.87. The van der Waals surface area contributed by atoms with Gasteiger partial charge in [-0.15, -0.1) is 0 Å². The van der Waals surface area contributed by atoms with Crippen molar-refractivity contribution in [1.29, 1.82) is 0 Å². The zero-order valence-corrected chi connectivity index (χ0v) is 9.27. The van der Waals surface area contributed by atoms with Gasteiger partial charge in [0.2, 0.25) is 16.2 Å². The molecule has 8 nitrogen and oxygen atoms in total. The van der Waals surface area contributed by atoms with Gasteiger partial charge >= 0.3 is 5.69 Å². The first kappa shape index (κ1) is 12.6. The summed E-state index contributed by atoms with van der Waals surface area (Å²) in [6.45, 7) is 0. The van der Waals surface area contributed by atoms with Crippen LogP contribution in [0.1, 0.15) is 5.69 Å². The zero-order valence-electron chi connectivity index (χ0n) is 7.70. The van der Waals surface area contributed by atoms with Crippen LogP contribution in [0.2, 0.25) is 5.02 Å². The van der Waals surface area contributed by atoms with Gasteiger partial charge in [0.15, 0.2) is 10.8 Å². The summed E-state index contributed by atoms with van der Waals surface area (Å²) < 4.78 is 22.0. The van der Waals surface area contributed by atoms with Crippen LogP contribution in [-0.2, 0) is 15.8 Å². The molecule has 88 valence electrons. The first-order valence-corrected chi connectivity index (χ1v) is 5.89. The average molecular weight is 269 g/mol. The molecule has 0 spiro atoms. The second kappa shape index (κ2) is 4.20. The number of pyridine rings is 1. The van der Waals surface area contributed by atoms with Crippen molar-refractivity contribution in [3.05, 3.63) is 33.1 Å². The molecular weight excluding hydrogens is 262 g/mol. The van der Waals surface area contributed by atoms with E-state index < -0.39 is 31.4 Å². The Morgan fingerprint density at radius 3 is 2.62 bits per heavy atom. The maximum atomic E-state index is 10.8. The lowest BCUT2D eigenvalue weighted by atomic mass is 10.3. The fraction of sp³-hybridized carbons (Fsp3) is 0.167. The monoisotopic (exact) mass is 268 g/mol. The number of aromatic nitrogens is 1. The molecule has 1 rings (SSSR count). The van der Waals surface area contributed by atoms with E-state index in [0.717, 1.165) is 12.3 Å². The van der Waals surface area contributed by atoms with E-state index in [2.05, 4.69) is 0 Å². The zero-order chi connectivity index (χ0) is 12.5. The molecule has 0 bridgehead atoms. The van der Waals surface area contributed by atoms with Gasteiger partial charge in [0.1, 0.15) is 0 Å². The highest BCUT2D eigenvalue weighted by molar-refractivity contribution is 7.88. The summed E-state index contributed by atoms with van der Waals surface area (Å²) in [7, 11) is -3.95. The number of hydrogen-bond acceptors (Lipinski definition) is 5. The molecule has 1 heterocycles. The van der Waals surface area contributed by atoms with Gasteiger partial charge in [-0.2, -0.15) is 0 Å². The number of rotatable bonds is 3. The Morgan fingerprint density at radius 1 is 1.62 bits per heavy atom. The van der Waals surface area contributed by atoms with Crippen LogP contribution in [0.4, 0.5) is 5.69 Å². The van der Waals surface area contributed by atoms with Crippen molar-refractivity contribution < 1.29 is 23.3 Å². The third-order valence-electron chi connectivity index (χ3n) is 1.66. The number of nitrogens with two attached hydrogens (primary N) is 1. The predicted molar refractivity (Wildman–Crippen MR) is 52.3 cm³/mol. The van der Waals surface area contributed by atoms with Gasteiger partial charge in [-0.3, -0.25) is 15.3 Å². The van der Waals surface area contributed by atoms with Crippen molar-refractivity contribution in [3.63, 3.8) is 0 Å². The summed E-state index contributed by atoms with van der Waals surface area (Å²) in [5.74, 6) is -0.802. The Kier molecular flexibility index (Phi) is 3.31. The lowest BCUT2D eigenvalue weighted by molar-refractivity contribution is -0.909. The summed E-state index contributed by atoms with van der Waals surface area (Å²) in [5.41, 5.74) is -0.871. The topological polar surface area (TPSA) is 127 Å². The molecule has 1 aromatic rings. The van der Waals surface area contributed by atoms with Crippen molar-refractivity contribution in [2.75, 3.05) is 0 Å². The lowest BCUT2D eigenvalue weighted by Gasteiger charge is -1.99. The Labute approximate surface area is 95.0 Å². The standard InChI is InChI=1S/C6H7ClN3O5S/c7-6-4(10(12)13)1-2-9(11)5(6)3-16(8,14)15/h1-2,11H,3H2,(H2,8,14,15)/q+1. The van der Waals surface area contributed by atoms with Gasteiger partial charge < -0.3 is 0 Å². The van der Waals surface area contributed by atoms with E-state index in [0.29, 0.717) is 4.73 Å². The number of halogens is 1. The highest BCUT2D eigenvalue weighted by Crippen LogP contribution is 2.25. The molecule has 0 radical (unpaired) electrons. The average Bonchev–Trinajstić information content (AvgIpc) is 2.10. The van der Waals surface area contributed by atoms with Gasteiger partial charge in [-0.25, -0.2) is 13.6 Å². The van der Waals surface area contributed by atoms with Crippen molar-refractivity contribution in [2.24, 2.45) is 5.14 Å². The molecule has 0 aromatic carbocycles. The molecule has 0 aliphatic rings. The van der Waals surface area contributed by atoms with Crippen LogP contribution in [0.5, 0.6) is 0 Å². The Hall–Kier alpha value is -1.45. The fourth-order valence-corrected chi connectivity index (χ4v) is 2.04. The Balaban J connectivity index is 3.38. The first-order chi connectivity index (χ1) is 7.22. The lowest BCUT2D eigenvalue weighted by Crippen LogP contribution is -2.37. The molecule has 0 aliphatic heterocycles. The van der Waals surface area contributed by atoms with Gasteiger partial charge in [0.05, 0.1) is 11.0 Å². The van der Waals surface area contributed by atoms with Crippen molar-refractivity contribution in [1.82, 2.24) is 0 Å². The number of primary sulfonamides is 1. The highest BCUT2D eigenvalue weighted by Gasteiger charge is 2.28. The molecule has 3 N–H and O–H groups in total. The van der Waals surface area contributed by atoms with Gasteiger partial charge in [0, 0.05) is 4.73 Å². The van der Waals surface area contributed by atoms with Crippen molar-refractivity contribution >= 4 is 27.3 Å². The van der Waals surface area contributed by atoms with E-state index in [-0.39, 0.29) is 5.69 Å². The normalized spacial score (nSPS) is 11.4. The number of nitro groups is 1. The van der Waals surface area contributed by atoms with Crippen LogP contribution in [0.15, 0.2) is 12.3 Å². The molecule has 0 saturated heterocycles. The van der Waals surface area contributed by atoms with Gasteiger partial charge in [-0.1, -0.05) is 11.6 Å². The smallest absolute Gasteiger partial charge is 0.285 e.